The summed E-state index contributed by atoms with van der Waals surface area (Å²) in [6, 6.07) is 2.20. The summed E-state index contributed by atoms with van der Waals surface area (Å²) in [4.78, 5) is 0. The molecule has 0 bridgehead atoms. The van der Waals surface area contributed by atoms with Crippen molar-refractivity contribution in [2.75, 3.05) is 6.61 Å². The van der Waals surface area contributed by atoms with Gasteiger partial charge in [-0.05, 0) is 26.3 Å². The molecule has 1 saturated heterocycles. The molecule has 1 aliphatic heterocycles. The predicted octanol–water partition coefficient (Wildman–Crippen LogP) is 2.24. The van der Waals surface area contributed by atoms with E-state index < -0.39 is 5.60 Å². The zero-order valence-electron chi connectivity index (χ0n) is 10.9. The van der Waals surface area contributed by atoms with Crippen molar-refractivity contribution in [1.29, 1.82) is 0 Å². The van der Waals surface area contributed by atoms with Crippen molar-refractivity contribution in [3.8, 4) is 0 Å². The highest BCUT2D eigenvalue weighted by molar-refractivity contribution is 5.14. The van der Waals surface area contributed by atoms with Gasteiger partial charge in [-0.15, -0.1) is 0 Å². The molecular formula is C13H22N2O2. The topological polar surface area (TPSA) is 47.3 Å². The first-order valence-electron chi connectivity index (χ1n) is 6.45. The maximum atomic E-state index is 10.8. The van der Waals surface area contributed by atoms with Gasteiger partial charge in [0, 0.05) is 25.1 Å². The van der Waals surface area contributed by atoms with Crippen molar-refractivity contribution >= 4 is 0 Å². The Balaban J connectivity index is 2.27. The molecule has 1 fully saturated rings. The van der Waals surface area contributed by atoms with Crippen molar-refractivity contribution in [2.45, 2.75) is 57.8 Å². The lowest BCUT2D eigenvalue weighted by atomic mass is 9.86. The Labute approximate surface area is 103 Å². The lowest BCUT2D eigenvalue weighted by molar-refractivity contribution is -0.112. The molecule has 2 atom stereocenters. The van der Waals surface area contributed by atoms with Crippen LogP contribution in [0.1, 0.15) is 51.8 Å². The van der Waals surface area contributed by atoms with E-state index in [1.165, 1.54) is 0 Å². The van der Waals surface area contributed by atoms with Crippen LogP contribution in [0.15, 0.2) is 12.3 Å². The van der Waals surface area contributed by atoms with Crippen LogP contribution in [0.5, 0.6) is 0 Å². The first-order chi connectivity index (χ1) is 8.07. The van der Waals surface area contributed by atoms with Crippen molar-refractivity contribution in [2.24, 2.45) is 0 Å². The Kier molecular flexibility index (Phi) is 3.54. The van der Waals surface area contributed by atoms with Gasteiger partial charge >= 0.3 is 0 Å². The third-order valence-electron chi connectivity index (χ3n) is 3.53. The Hall–Kier alpha value is -0.870. The number of nitrogens with zero attached hydrogens (tertiary/aromatic N) is 2. The third-order valence-corrected chi connectivity index (χ3v) is 3.53. The molecule has 17 heavy (non-hydrogen) atoms. The molecule has 1 aliphatic rings. The summed E-state index contributed by atoms with van der Waals surface area (Å²) in [5.74, 6) is 0. The summed E-state index contributed by atoms with van der Waals surface area (Å²) in [6.45, 7) is 6.88. The zero-order chi connectivity index (χ0) is 12.5. The highest BCUT2D eigenvalue weighted by Gasteiger charge is 2.38. The quantitative estimate of drug-likeness (QED) is 0.878. The van der Waals surface area contributed by atoms with Crippen LogP contribution < -0.4 is 0 Å². The maximum Gasteiger partial charge on any atom is 0.111 e. The summed E-state index contributed by atoms with van der Waals surface area (Å²) in [6.07, 6.45) is 4.19. The van der Waals surface area contributed by atoms with E-state index in [9.17, 15) is 5.11 Å². The minimum atomic E-state index is -0.778. The normalized spacial score (nSPS) is 29.8. The molecule has 96 valence electrons. The Bertz CT molecular complexity index is 375. The summed E-state index contributed by atoms with van der Waals surface area (Å²) in [5.41, 5.74) is 0.147. The summed E-state index contributed by atoms with van der Waals surface area (Å²) in [7, 11) is 0. The lowest BCUT2D eigenvalue weighted by Crippen LogP contribution is -2.40. The smallest absolute Gasteiger partial charge is 0.111 e. The Morgan fingerprint density at radius 3 is 3.06 bits per heavy atom. The second kappa shape index (κ2) is 4.78. The number of hydrogen-bond donors (Lipinski definition) is 1. The van der Waals surface area contributed by atoms with Gasteiger partial charge in [0.25, 0.3) is 0 Å². The fraction of sp³-hybridized carbons (Fsp3) is 0.769. The van der Waals surface area contributed by atoms with Crippen LogP contribution in [0.25, 0.3) is 0 Å². The van der Waals surface area contributed by atoms with Gasteiger partial charge in [0.2, 0.25) is 0 Å². The zero-order valence-corrected chi connectivity index (χ0v) is 10.9. The minimum Gasteiger partial charge on any atom is -0.383 e. The van der Waals surface area contributed by atoms with Crippen LogP contribution in [0, 0.1) is 0 Å². The number of ether oxygens (including phenoxy) is 1. The van der Waals surface area contributed by atoms with Crippen LogP contribution in [0.3, 0.4) is 0 Å². The van der Waals surface area contributed by atoms with E-state index in [-0.39, 0.29) is 12.1 Å². The molecular weight excluding hydrogens is 216 g/mol. The van der Waals surface area contributed by atoms with Crippen LogP contribution >= 0.6 is 0 Å². The molecule has 2 rings (SSSR count). The average molecular weight is 238 g/mol. The maximum absolute atomic E-state index is 10.8. The summed E-state index contributed by atoms with van der Waals surface area (Å²) in [5, 5.41) is 15.1. The monoisotopic (exact) mass is 238 g/mol. The van der Waals surface area contributed by atoms with Gasteiger partial charge in [0.1, 0.15) is 5.60 Å². The van der Waals surface area contributed by atoms with Crippen molar-refractivity contribution < 1.29 is 9.84 Å². The standard InChI is InChI=1S/C13H22N2O2/c1-4-11-9-13(16,6-8-17-11)12-5-7-14-15(12)10(2)3/h5,7,10-11,16H,4,6,8-9H2,1-3H3. The van der Waals surface area contributed by atoms with Gasteiger partial charge in [-0.3, -0.25) is 4.68 Å². The number of aromatic nitrogens is 2. The van der Waals surface area contributed by atoms with Crippen molar-refractivity contribution in [3.05, 3.63) is 18.0 Å². The molecule has 1 N–H and O–H groups in total. The molecule has 4 nitrogen and oxygen atoms in total. The van der Waals surface area contributed by atoms with Gasteiger partial charge in [0.15, 0.2) is 0 Å². The highest BCUT2D eigenvalue weighted by atomic mass is 16.5. The Morgan fingerprint density at radius 2 is 2.41 bits per heavy atom. The molecule has 1 aromatic heterocycles. The molecule has 4 heteroatoms. The molecule has 0 saturated carbocycles. The molecule has 0 spiro atoms. The van der Waals surface area contributed by atoms with Gasteiger partial charge in [-0.2, -0.15) is 5.10 Å². The second-order valence-corrected chi connectivity index (χ2v) is 5.14. The minimum absolute atomic E-state index is 0.157. The largest absolute Gasteiger partial charge is 0.383 e. The number of hydrogen-bond acceptors (Lipinski definition) is 3. The lowest BCUT2D eigenvalue weighted by Gasteiger charge is -2.37. The van der Waals surface area contributed by atoms with Crippen molar-refractivity contribution in [1.82, 2.24) is 9.78 Å². The van der Waals surface area contributed by atoms with Crippen molar-refractivity contribution in [3.63, 3.8) is 0 Å². The average Bonchev–Trinajstić information content (AvgIpc) is 2.78. The fourth-order valence-electron chi connectivity index (χ4n) is 2.52. The molecule has 0 amide bonds. The van der Waals surface area contributed by atoms with Crippen LogP contribution in [0.4, 0.5) is 0 Å². The molecule has 0 aromatic carbocycles. The van der Waals surface area contributed by atoms with Gasteiger partial charge in [-0.25, -0.2) is 0 Å². The molecule has 0 aliphatic carbocycles. The van der Waals surface area contributed by atoms with E-state index in [1.807, 2.05) is 10.7 Å². The highest BCUT2D eigenvalue weighted by Crippen LogP contribution is 2.36. The summed E-state index contributed by atoms with van der Waals surface area (Å²) >= 11 is 0. The van der Waals surface area contributed by atoms with Gasteiger partial charge in [0.05, 0.1) is 18.4 Å². The Morgan fingerprint density at radius 1 is 1.65 bits per heavy atom. The number of rotatable bonds is 3. The van der Waals surface area contributed by atoms with E-state index in [4.69, 9.17) is 4.74 Å². The van der Waals surface area contributed by atoms with E-state index in [2.05, 4.69) is 25.9 Å². The fourth-order valence-corrected chi connectivity index (χ4v) is 2.52. The predicted molar refractivity (Wildman–Crippen MR) is 65.8 cm³/mol. The van der Waals surface area contributed by atoms with Crippen LogP contribution in [0.2, 0.25) is 0 Å². The molecule has 2 unspecified atom stereocenters. The first-order valence-corrected chi connectivity index (χ1v) is 6.45. The number of aliphatic hydroxyl groups is 1. The van der Waals surface area contributed by atoms with E-state index in [1.54, 1.807) is 6.20 Å². The van der Waals surface area contributed by atoms with Gasteiger partial charge < -0.3 is 9.84 Å². The SMILES string of the molecule is CCC1CC(O)(c2ccnn2C(C)C)CCO1. The van der Waals surface area contributed by atoms with E-state index >= 15 is 0 Å². The molecule has 1 aromatic rings. The van der Waals surface area contributed by atoms with Crippen LogP contribution in [-0.4, -0.2) is 27.6 Å². The van der Waals surface area contributed by atoms with E-state index in [0.717, 1.165) is 12.1 Å². The van der Waals surface area contributed by atoms with Gasteiger partial charge in [-0.1, -0.05) is 6.92 Å². The van der Waals surface area contributed by atoms with Crippen LogP contribution in [-0.2, 0) is 10.3 Å². The molecule has 0 radical (unpaired) electrons. The second-order valence-electron chi connectivity index (χ2n) is 5.14. The third kappa shape index (κ3) is 2.38. The first kappa shape index (κ1) is 12.6. The van der Waals surface area contributed by atoms with E-state index in [0.29, 0.717) is 19.4 Å². The molecule has 2 heterocycles. The summed E-state index contributed by atoms with van der Waals surface area (Å²) < 4.78 is 7.55.